The molecule has 0 aliphatic carbocycles. The Morgan fingerprint density at radius 2 is 2.11 bits per heavy atom. The van der Waals surface area contributed by atoms with E-state index in [9.17, 15) is 0 Å². The number of hydrogen-bond acceptors (Lipinski definition) is 2. The Balaban J connectivity index is 1.86. The van der Waals surface area contributed by atoms with Gasteiger partial charge in [0.05, 0.1) is 12.1 Å². The molecule has 0 aliphatic heterocycles. The largest absolute Gasteiger partial charge is 0.378 e. The zero-order valence-electron chi connectivity index (χ0n) is 10.6. The van der Waals surface area contributed by atoms with Crippen molar-refractivity contribution in [3.63, 3.8) is 0 Å². The summed E-state index contributed by atoms with van der Waals surface area (Å²) in [5.41, 5.74) is 3.45. The Morgan fingerprint density at radius 3 is 2.95 bits per heavy atom. The summed E-state index contributed by atoms with van der Waals surface area (Å²) >= 11 is 3.50. The maximum atomic E-state index is 4.54. The number of aryl methyl sites for hydroxylation is 1. The summed E-state index contributed by atoms with van der Waals surface area (Å²) in [4.78, 5) is 4.54. The van der Waals surface area contributed by atoms with Gasteiger partial charge in [-0.25, -0.2) is 4.98 Å². The first-order chi connectivity index (χ1) is 9.24. The van der Waals surface area contributed by atoms with Crippen LogP contribution in [-0.2, 0) is 6.54 Å². The molecular weight excluding hydrogens is 302 g/mol. The number of nitrogens with one attached hydrogen (secondary N) is 1. The second-order valence-corrected chi connectivity index (χ2v) is 5.25. The number of imidazole rings is 1. The van der Waals surface area contributed by atoms with Gasteiger partial charge in [0.2, 0.25) is 0 Å². The number of benzene rings is 1. The Hall–Kier alpha value is -1.81. The molecule has 0 saturated heterocycles. The van der Waals surface area contributed by atoms with Crippen molar-refractivity contribution in [2.24, 2.45) is 0 Å². The molecule has 3 nitrogen and oxygen atoms in total. The molecule has 0 saturated carbocycles. The zero-order valence-corrected chi connectivity index (χ0v) is 12.2. The summed E-state index contributed by atoms with van der Waals surface area (Å²) < 4.78 is 2.97. The second kappa shape index (κ2) is 5.05. The van der Waals surface area contributed by atoms with E-state index in [1.54, 1.807) is 0 Å². The van der Waals surface area contributed by atoms with Crippen molar-refractivity contribution in [3.05, 3.63) is 64.7 Å². The van der Waals surface area contributed by atoms with Crippen molar-refractivity contribution in [3.8, 4) is 0 Å². The van der Waals surface area contributed by atoms with Crippen molar-refractivity contribution in [2.75, 3.05) is 5.32 Å². The Labute approximate surface area is 120 Å². The van der Waals surface area contributed by atoms with E-state index in [0.29, 0.717) is 6.54 Å². The summed E-state index contributed by atoms with van der Waals surface area (Å²) in [6, 6.07) is 14.4. The van der Waals surface area contributed by atoms with Crippen molar-refractivity contribution in [1.82, 2.24) is 9.38 Å². The third kappa shape index (κ3) is 2.49. The highest BCUT2D eigenvalue weighted by molar-refractivity contribution is 9.10. The minimum Gasteiger partial charge on any atom is -0.378 e. The molecular formula is C15H14BrN3. The molecule has 0 fully saturated rings. The molecule has 3 rings (SSSR count). The van der Waals surface area contributed by atoms with Crippen LogP contribution in [0.15, 0.2) is 53.3 Å². The van der Waals surface area contributed by atoms with E-state index in [-0.39, 0.29) is 0 Å². The minimum absolute atomic E-state index is 0.695. The van der Waals surface area contributed by atoms with E-state index in [0.717, 1.165) is 21.6 Å². The van der Waals surface area contributed by atoms with E-state index in [1.807, 2.05) is 24.4 Å². The van der Waals surface area contributed by atoms with E-state index in [2.05, 4.69) is 61.8 Å². The van der Waals surface area contributed by atoms with Gasteiger partial charge in [-0.15, -0.1) is 0 Å². The standard InChI is InChI=1S/C15H14BrN3/c1-11-5-4-6-12(9-11)17-10-14-18-15(16)13-7-2-3-8-19(13)14/h2-9,17H,10H2,1H3. The van der Waals surface area contributed by atoms with Gasteiger partial charge in [-0.2, -0.15) is 0 Å². The van der Waals surface area contributed by atoms with Crippen molar-refractivity contribution in [1.29, 1.82) is 0 Å². The molecule has 19 heavy (non-hydrogen) atoms. The van der Waals surface area contributed by atoms with Crippen LogP contribution in [0.3, 0.4) is 0 Å². The fourth-order valence-corrected chi connectivity index (χ4v) is 2.65. The summed E-state index contributed by atoms with van der Waals surface area (Å²) in [5.74, 6) is 0.990. The summed E-state index contributed by atoms with van der Waals surface area (Å²) in [6.07, 6.45) is 2.03. The van der Waals surface area contributed by atoms with Gasteiger partial charge in [0.1, 0.15) is 10.4 Å². The smallest absolute Gasteiger partial charge is 0.134 e. The number of pyridine rings is 1. The number of halogens is 1. The first-order valence-electron chi connectivity index (χ1n) is 6.16. The number of hydrogen-bond donors (Lipinski definition) is 1. The maximum absolute atomic E-state index is 4.54. The maximum Gasteiger partial charge on any atom is 0.134 e. The highest BCUT2D eigenvalue weighted by atomic mass is 79.9. The lowest BCUT2D eigenvalue weighted by molar-refractivity contribution is 0.940. The highest BCUT2D eigenvalue weighted by Gasteiger charge is 2.07. The molecule has 0 unspecified atom stereocenters. The molecule has 3 aromatic rings. The van der Waals surface area contributed by atoms with Crippen LogP contribution in [0.1, 0.15) is 11.4 Å². The molecule has 0 spiro atoms. The van der Waals surface area contributed by atoms with Gasteiger partial charge >= 0.3 is 0 Å². The van der Waals surface area contributed by atoms with Gasteiger partial charge in [-0.05, 0) is 52.7 Å². The van der Waals surface area contributed by atoms with E-state index >= 15 is 0 Å². The molecule has 0 amide bonds. The Kier molecular flexibility index (Phi) is 3.25. The van der Waals surface area contributed by atoms with Gasteiger partial charge in [-0.3, -0.25) is 0 Å². The first-order valence-corrected chi connectivity index (χ1v) is 6.95. The monoisotopic (exact) mass is 315 g/mol. The summed E-state index contributed by atoms with van der Waals surface area (Å²) in [6.45, 7) is 2.78. The normalized spacial score (nSPS) is 10.8. The van der Waals surface area contributed by atoms with Gasteiger partial charge < -0.3 is 9.72 Å². The Bertz CT molecular complexity index is 718. The minimum atomic E-state index is 0.695. The van der Waals surface area contributed by atoms with Crippen LogP contribution >= 0.6 is 15.9 Å². The molecule has 4 heteroatoms. The highest BCUT2D eigenvalue weighted by Crippen LogP contribution is 2.19. The zero-order chi connectivity index (χ0) is 13.2. The molecule has 0 radical (unpaired) electrons. The van der Waals surface area contributed by atoms with Crippen LogP contribution in [0.4, 0.5) is 5.69 Å². The number of anilines is 1. The molecule has 2 aromatic heterocycles. The second-order valence-electron chi connectivity index (χ2n) is 4.50. The number of rotatable bonds is 3. The van der Waals surface area contributed by atoms with E-state index in [4.69, 9.17) is 0 Å². The van der Waals surface area contributed by atoms with Crippen LogP contribution in [-0.4, -0.2) is 9.38 Å². The third-order valence-corrected chi connectivity index (χ3v) is 3.63. The van der Waals surface area contributed by atoms with Gasteiger partial charge in [0.15, 0.2) is 0 Å². The molecule has 1 N–H and O–H groups in total. The number of nitrogens with zero attached hydrogens (tertiary/aromatic N) is 2. The lowest BCUT2D eigenvalue weighted by Gasteiger charge is -2.06. The average Bonchev–Trinajstić information content (AvgIpc) is 2.74. The van der Waals surface area contributed by atoms with Crippen LogP contribution in [0.5, 0.6) is 0 Å². The third-order valence-electron chi connectivity index (χ3n) is 3.05. The van der Waals surface area contributed by atoms with E-state index in [1.165, 1.54) is 5.56 Å². The lowest BCUT2D eigenvalue weighted by atomic mass is 10.2. The molecule has 96 valence electrons. The molecule has 2 heterocycles. The topological polar surface area (TPSA) is 29.3 Å². The quantitative estimate of drug-likeness (QED) is 0.791. The molecule has 0 aliphatic rings. The Morgan fingerprint density at radius 1 is 1.21 bits per heavy atom. The van der Waals surface area contributed by atoms with Crippen molar-refractivity contribution in [2.45, 2.75) is 13.5 Å². The molecule has 0 bridgehead atoms. The van der Waals surface area contributed by atoms with Crippen LogP contribution in [0.2, 0.25) is 0 Å². The van der Waals surface area contributed by atoms with Crippen LogP contribution in [0.25, 0.3) is 5.52 Å². The fourth-order valence-electron chi connectivity index (χ4n) is 2.12. The van der Waals surface area contributed by atoms with Crippen molar-refractivity contribution < 1.29 is 0 Å². The van der Waals surface area contributed by atoms with Gasteiger partial charge in [0.25, 0.3) is 0 Å². The van der Waals surface area contributed by atoms with Crippen LogP contribution in [0, 0.1) is 6.92 Å². The number of fused-ring (bicyclic) bond motifs is 1. The van der Waals surface area contributed by atoms with E-state index < -0.39 is 0 Å². The van der Waals surface area contributed by atoms with Crippen molar-refractivity contribution >= 4 is 27.1 Å². The predicted molar refractivity (Wildman–Crippen MR) is 81.4 cm³/mol. The number of aromatic nitrogens is 2. The summed E-state index contributed by atoms with van der Waals surface area (Å²) in [5, 5.41) is 3.40. The fraction of sp³-hybridized carbons (Fsp3) is 0.133. The molecule has 1 aromatic carbocycles. The summed E-state index contributed by atoms with van der Waals surface area (Å²) in [7, 11) is 0. The average molecular weight is 316 g/mol. The molecule has 0 atom stereocenters. The first kappa shape index (κ1) is 12.2. The van der Waals surface area contributed by atoms with Gasteiger partial charge in [-0.1, -0.05) is 18.2 Å². The predicted octanol–water partition coefficient (Wildman–Crippen LogP) is 4.02. The SMILES string of the molecule is Cc1cccc(NCc2nc(Br)c3ccccn23)c1. The van der Waals surface area contributed by atoms with Gasteiger partial charge in [0, 0.05) is 11.9 Å². The lowest BCUT2D eigenvalue weighted by Crippen LogP contribution is -2.04. The van der Waals surface area contributed by atoms with Crippen LogP contribution < -0.4 is 5.32 Å².